The van der Waals surface area contributed by atoms with Crippen LogP contribution in [0.3, 0.4) is 0 Å². The van der Waals surface area contributed by atoms with Crippen LogP contribution >= 0.6 is 0 Å². The molecule has 34 heteroatoms. The molecule has 0 saturated carbocycles. The van der Waals surface area contributed by atoms with Gasteiger partial charge in [-0.15, -0.1) is 0 Å². The summed E-state index contributed by atoms with van der Waals surface area (Å²) in [6, 6.07) is 42.5. The van der Waals surface area contributed by atoms with Gasteiger partial charge < -0.3 is 110 Å². The number of aliphatic hydroxyl groups excluding tert-OH is 6. The molecular formula is C92H116N9O25+. The summed E-state index contributed by atoms with van der Waals surface area (Å²) in [6.45, 7) is 23.7. The Hall–Kier alpha value is -11.9. The van der Waals surface area contributed by atoms with E-state index in [-0.39, 0.29) is 50.6 Å². The SMILES string of the molecule is CC(C)(C)OC(=O)NC(C(=O)N[C@@H](CC1=[N+](C(=O)OC(C)(C)C)c2ccccc2C1)C(=O)NCc1ccccc1)[C@@H]1OC(CNC(=O)OCC2c3ccccc3-c3ccccc32)[C@@H](O)[C@H](O)C1O.CC(C)(C)OC(=O)NCC1O[C@@H]([C@@H](NC(=O)OC(C)(C)C)C(=O)N[C@@H](Cc2cc3ccccc3n2C(=O)OC(C)(C)C)C(=O)OCc2ccccc2)C(O)[C@@H](O)[C@@H]1O. The Bertz CT molecular complexity index is 5020. The Morgan fingerprint density at radius 2 is 0.897 bits per heavy atom. The summed E-state index contributed by atoms with van der Waals surface area (Å²) < 4.78 is 53.6. The lowest BCUT2D eigenvalue weighted by Crippen LogP contribution is -2.68. The number of hydrogen-bond acceptors (Lipinski definition) is 25. The summed E-state index contributed by atoms with van der Waals surface area (Å²) in [7, 11) is 0. The average Bonchev–Trinajstić information content (AvgIpc) is 1.62. The number of hydrogen-bond donors (Lipinski definition) is 13. The highest BCUT2D eigenvalue weighted by Gasteiger charge is 2.53. The van der Waals surface area contributed by atoms with Crippen molar-refractivity contribution in [2.45, 2.75) is 255 Å². The van der Waals surface area contributed by atoms with E-state index in [1.54, 1.807) is 189 Å². The number of esters is 1. The van der Waals surface area contributed by atoms with Crippen molar-refractivity contribution in [2.75, 3.05) is 19.7 Å². The Balaban J connectivity index is 0.000000267. The van der Waals surface area contributed by atoms with E-state index < -0.39 is 187 Å². The number of ether oxygens (including phenoxy) is 9. The molecule has 8 amide bonds. The highest BCUT2D eigenvalue weighted by Crippen LogP contribution is 2.45. The number of para-hydroxylation sites is 2. The Morgan fingerprint density at radius 3 is 1.42 bits per heavy atom. The van der Waals surface area contributed by atoms with E-state index in [4.69, 9.17) is 42.6 Å². The first-order valence-electron chi connectivity index (χ1n) is 41.6. The van der Waals surface area contributed by atoms with Gasteiger partial charge in [0.1, 0.15) is 126 Å². The van der Waals surface area contributed by atoms with Gasteiger partial charge in [0.15, 0.2) is 5.71 Å². The molecule has 4 aliphatic rings. The average molecular weight is 1750 g/mol. The topological polar surface area (TPSA) is 467 Å². The summed E-state index contributed by atoms with van der Waals surface area (Å²) >= 11 is 0. The molecule has 34 nitrogen and oxygen atoms in total. The van der Waals surface area contributed by atoms with Crippen LogP contribution in [-0.2, 0) is 87.8 Å². The van der Waals surface area contributed by atoms with Crippen molar-refractivity contribution in [1.29, 1.82) is 0 Å². The molecule has 11 rings (SSSR count). The van der Waals surface area contributed by atoms with Crippen LogP contribution in [0, 0.1) is 0 Å². The molecule has 6 aromatic carbocycles. The number of alkyl carbamates (subject to hydrolysis) is 4. The van der Waals surface area contributed by atoms with Gasteiger partial charge in [-0.25, -0.2) is 33.3 Å². The van der Waals surface area contributed by atoms with E-state index in [0.29, 0.717) is 27.9 Å². The number of rotatable bonds is 24. The van der Waals surface area contributed by atoms with Gasteiger partial charge >= 0.3 is 42.5 Å². The second-order valence-electron chi connectivity index (χ2n) is 36.1. The number of nitrogens with zero attached hydrogens (tertiary/aromatic N) is 2. The number of fused-ring (bicyclic) bond motifs is 5. The lowest BCUT2D eigenvalue weighted by atomic mass is 9.90. The first kappa shape index (κ1) is 96.3. The number of carbonyl (C=O) groups is 10. The number of amides is 8. The van der Waals surface area contributed by atoms with Crippen molar-refractivity contribution >= 4 is 82.6 Å². The molecule has 678 valence electrons. The van der Waals surface area contributed by atoms with Gasteiger partial charge in [-0.2, -0.15) is 4.79 Å². The molecule has 0 radical (unpaired) electrons. The molecule has 7 aromatic rings. The van der Waals surface area contributed by atoms with Gasteiger partial charge in [-0.3, -0.25) is 14.4 Å². The summed E-state index contributed by atoms with van der Waals surface area (Å²) in [5, 5.41) is 85.3. The highest BCUT2D eigenvalue weighted by molar-refractivity contribution is 5.99. The Morgan fingerprint density at radius 1 is 0.444 bits per heavy atom. The van der Waals surface area contributed by atoms with Gasteiger partial charge in [0.05, 0.1) is 18.4 Å². The zero-order valence-corrected chi connectivity index (χ0v) is 73.2. The van der Waals surface area contributed by atoms with Crippen molar-refractivity contribution in [3.05, 3.63) is 197 Å². The zero-order valence-electron chi connectivity index (χ0n) is 73.2. The van der Waals surface area contributed by atoms with Crippen LogP contribution < -0.4 is 37.2 Å². The fourth-order valence-corrected chi connectivity index (χ4v) is 14.7. The second kappa shape index (κ2) is 41.0. The molecule has 4 heterocycles. The Kier molecular flexibility index (Phi) is 31.4. The molecule has 1 aliphatic carbocycles. The van der Waals surface area contributed by atoms with Gasteiger partial charge in [0.2, 0.25) is 23.4 Å². The molecule has 2 fully saturated rings. The monoisotopic (exact) mass is 1750 g/mol. The number of benzene rings is 6. The number of aliphatic hydroxyl groups is 6. The number of carbonyl (C=O) groups excluding carboxylic acids is 10. The van der Waals surface area contributed by atoms with E-state index in [9.17, 15) is 78.6 Å². The molecule has 2 saturated heterocycles. The molecule has 0 spiro atoms. The normalized spacial score (nSPS) is 20.8. The maximum atomic E-state index is 14.7. The maximum Gasteiger partial charge on any atom is 0.602 e. The highest BCUT2D eigenvalue weighted by atomic mass is 16.6. The van der Waals surface area contributed by atoms with E-state index in [1.807, 2.05) is 78.9 Å². The molecule has 0 bridgehead atoms. The predicted molar refractivity (Wildman–Crippen MR) is 459 cm³/mol. The van der Waals surface area contributed by atoms with E-state index in [2.05, 4.69) is 37.2 Å². The van der Waals surface area contributed by atoms with Crippen molar-refractivity contribution in [3.8, 4) is 11.1 Å². The fourth-order valence-electron chi connectivity index (χ4n) is 14.7. The summed E-state index contributed by atoms with van der Waals surface area (Å²) in [5.74, 6) is -3.97. The maximum absolute atomic E-state index is 14.7. The number of nitrogens with one attached hydrogen (secondary N) is 7. The number of aromatic nitrogens is 1. The van der Waals surface area contributed by atoms with Crippen molar-refractivity contribution < 1.29 is 126 Å². The van der Waals surface area contributed by atoms with Crippen molar-refractivity contribution in [1.82, 2.24) is 41.8 Å². The largest absolute Gasteiger partial charge is 0.602 e. The quantitative estimate of drug-likeness (QED) is 0.0154. The third-order valence-electron chi connectivity index (χ3n) is 20.2. The van der Waals surface area contributed by atoms with Crippen LogP contribution in [0.2, 0.25) is 0 Å². The van der Waals surface area contributed by atoms with E-state index >= 15 is 0 Å². The van der Waals surface area contributed by atoms with Crippen LogP contribution in [0.1, 0.15) is 150 Å². The predicted octanol–water partition coefficient (Wildman–Crippen LogP) is 8.20. The van der Waals surface area contributed by atoms with E-state index in [1.165, 1.54) is 9.14 Å². The Labute approximate surface area is 730 Å². The first-order valence-corrected chi connectivity index (χ1v) is 41.6. The molecule has 3 aliphatic heterocycles. The summed E-state index contributed by atoms with van der Waals surface area (Å²) in [4.78, 5) is 137. The molecule has 13 N–H and O–H groups in total. The van der Waals surface area contributed by atoms with Crippen LogP contribution in [0.25, 0.3) is 22.0 Å². The first-order chi connectivity index (χ1) is 59.2. The van der Waals surface area contributed by atoms with Crippen molar-refractivity contribution in [3.63, 3.8) is 0 Å². The molecule has 1 aromatic heterocycles. The molecule has 14 atom stereocenters. The second-order valence-corrected chi connectivity index (χ2v) is 36.1. The lowest BCUT2D eigenvalue weighted by molar-refractivity contribution is -0.362. The fraction of sp³-hybridized carbons (Fsp3) is 0.467. The van der Waals surface area contributed by atoms with Crippen molar-refractivity contribution in [2.24, 2.45) is 0 Å². The minimum Gasteiger partial charge on any atom is -0.459 e. The van der Waals surface area contributed by atoms with Crippen LogP contribution in [-0.4, -0.2) is 239 Å². The smallest absolute Gasteiger partial charge is 0.459 e. The zero-order chi connectivity index (χ0) is 92.1. The molecular weight excluding hydrogens is 1630 g/mol. The lowest BCUT2D eigenvalue weighted by Gasteiger charge is -2.43. The molecule has 5 unspecified atom stereocenters. The van der Waals surface area contributed by atoms with Gasteiger partial charge in [0.25, 0.3) is 0 Å². The summed E-state index contributed by atoms with van der Waals surface area (Å²) in [6.07, 6.45) is -23.6. The van der Waals surface area contributed by atoms with Gasteiger partial charge in [-0.1, -0.05) is 150 Å². The van der Waals surface area contributed by atoms with Crippen LogP contribution in [0.5, 0.6) is 0 Å². The van der Waals surface area contributed by atoms with Gasteiger partial charge in [-0.05, 0) is 149 Å². The molecule has 126 heavy (non-hydrogen) atoms. The van der Waals surface area contributed by atoms with E-state index in [0.717, 1.165) is 33.4 Å². The standard InChI is InChI=1S/C51H59N5O12.C41H56N4O13/c1-50(2,3)67-48(63)55-40(44-43(59)42(58)41(57)39(66-44)27-53-47(62)65-28-36-34-21-13-11-19-32(34)33-20-12-14-22-35(33)36)46(61)54-37(45(60)52-26-29-16-8-7-9-17-29)25-31-24-30-18-10-15-23-38(30)56(31)49(64)68-51(4,5)6;1-39(2,3)56-36(51)42-21-28-30(46)31(47)32(48)33(55-28)29(44-37(52)57-40(4,5)6)34(49)43-26(35(50)54-22-23-15-11-10-12-16-23)20-25-19-24-17-13-14-18-27(24)45(25)38(53)58-41(7,8)9/h7-23,36-37,39-44,57-59H,24-28H2,1-6H3,(H3-,52,53,54,55,60,61,62,63);10-19,26,28-33,46-48H,20-22H2,1-9H3,(H,42,51)(H,43,49)(H,44,52)/p+1/t37-,39?,40?,41+,42-,43?,44-;26-,28?,29+,30+,31-,32?,33-/m00/s1. The van der Waals surface area contributed by atoms with Crippen LogP contribution in [0.4, 0.5) is 34.5 Å². The minimum atomic E-state index is -1.99. The third-order valence-corrected chi connectivity index (χ3v) is 20.2. The third kappa shape index (κ3) is 26.1. The van der Waals surface area contributed by atoms with Gasteiger partial charge in [0, 0.05) is 54.7 Å². The summed E-state index contributed by atoms with van der Waals surface area (Å²) in [5.41, 5.74) is 3.21. The van der Waals surface area contributed by atoms with Crippen LogP contribution in [0.15, 0.2) is 164 Å². The minimum absolute atomic E-state index is 0.0131.